The van der Waals surface area contributed by atoms with Crippen molar-refractivity contribution in [3.05, 3.63) is 29.6 Å². The molecular formula is C13H21N3O. The second kappa shape index (κ2) is 7.01. The monoisotopic (exact) mass is 235 g/mol. The molecule has 0 saturated heterocycles. The Bertz CT molecular complexity index is 363. The van der Waals surface area contributed by atoms with Gasteiger partial charge in [0.05, 0.1) is 12.2 Å². The van der Waals surface area contributed by atoms with E-state index >= 15 is 0 Å². The normalized spacial score (nSPS) is 10.6. The average Bonchev–Trinajstić information content (AvgIpc) is 2.28. The van der Waals surface area contributed by atoms with Crippen molar-refractivity contribution in [2.45, 2.75) is 39.8 Å². The Morgan fingerprint density at radius 3 is 2.88 bits per heavy atom. The molecule has 0 bridgehead atoms. The number of nitrogens with zero attached hydrogens (tertiary/aromatic N) is 1. The van der Waals surface area contributed by atoms with Gasteiger partial charge in [-0.05, 0) is 31.9 Å². The zero-order chi connectivity index (χ0) is 12.7. The summed E-state index contributed by atoms with van der Waals surface area (Å²) < 4.78 is 0. The van der Waals surface area contributed by atoms with Gasteiger partial charge in [-0.1, -0.05) is 13.0 Å². The quantitative estimate of drug-likeness (QED) is 0.780. The highest BCUT2D eigenvalue weighted by Crippen LogP contribution is 2.05. The molecule has 0 saturated carbocycles. The van der Waals surface area contributed by atoms with Crippen LogP contribution in [0.15, 0.2) is 18.3 Å². The summed E-state index contributed by atoms with van der Waals surface area (Å²) in [6.45, 7) is 6.97. The van der Waals surface area contributed by atoms with Gasteiger partial charge in [0.25, 0.3) is 0 Å². The third kappa shape index (κ3) is 4.95. The lowest BCUT2D eigenvalue weighted by Crippen LogP contribution is -2.37. The van der Waals surface area contributed by atoms with Crippen LogP contribution < -0.4 is 10.6 Å². The molecule has 0 unspecified atom stereocenters. The molecule has 0 radical (unpaired) electrons. The Kier molecular flexibility index (Phi) is 5.63. The van der Waals surface area contributed by atoms with Gasteiger partial charge >= 0.3 is 0 Å². The summed E-state index contributed by atoms with van der Waals surface area (Å²) in [5, 5.41) is 5.94. The van der Waals surface area contributed by atoms with Gasteiger partial charge in [0.1, 0.15) is 0 Å². The predicted octanol–water partition coefficient (Wildman–Crippen LogP) is 1.26. The fourth-order valence-corrected chi connectivity index (χ4v) is 1.62. The molecule has 1 aromatic rings. The maximum absolute atomic E-state index is 11.4. The summed E-state index contributed by atoms with van der Waals surface area (Å²) >= 11 is 0. The Labute approximate surface area is 103 Å². The number of hydrogen-bond donors (Lipinski definition) is 2. The zero-order valence-corrected chi connectivity index (χ0v) is 10.8. The van der Waals surface area contributed by atoms with Crippen LogP contribution in [-0.4, -0.2) is 23.5 Å². The van der Waals surface area contributed by atoms with E-state index in [2.05, 4.69) is 28.6 Å². The van der Waals surface area contributed by atoms with Crippen LogP contribution in [0.25, 0.3) is 0 Å². The van der Waals surface area contributed by atoms with E-state index < -0.39 is 0 Å². The van der Waals surface area contributed by atoms with Crippen LogP contribution in [-0.2, 0) is 17.8 Å². The fourth-order valence-electron chi connectivity index (χ4n) is 1.62. The third-order valence-electron chi connectivity index (χ3n) is 2.39. The van der Waals surface area contributed by atoms with E-state index in [1.807, 2.05) is 19.9 Å². The van der Waals surface area contributed by atoms with Crippen molar-refractivity contribution in [1.82, 2.24) is 15.6 Å². The molecule has 0 aliphatic carbocycles. The number of aryl methyl sites for hydroxylation is 1. The maximum Gasteiger partial charge on any atom is 0.234 e. The molecule has 0 aliphatic rings. The van der Waals surface area contributed by atoms with Gasteiger partial charge in [0, 0.05) is 18.8 Å². The maximum atomic E-state index is 11.4. The highest BCUT2D eigenvalue weighted by Gasteiger charge is 2.04. The van der Waals surface area contributed by atoms with Crippen molar-refractivity contribution in [1.29, 1.82) is 0 Å². The third-order valence-corrected chi connectivity index (χ3v) is 2.39. The van der Waals surface area contributed by atoms with Crippen LogP contribution in [0.3, 0.4) is 0 Å². The molecule has 0 fully saturated rings. The molecule has 0 atom stereocenters. The first-order valence-corrected chi connectivity index (χ1v) is 6.06. The molecule has 4 heteroatoms. The Hall–Kier alpha value is -1.42. The van der Waals surface area contributed by atoms with Crippen LogP contribution in [0.4, 0.5) is 0 Å². The summed E-state index contributed by atoms with van der Waals surface area (Å²) in [5.41, 5.74) is 2.25. The fraction of sp³-hybridized carbons (Fsp3) is 0.538. The zero-order valence-electron chi connectivity index (χ0n) is 10.8. The second-order valence-corrected chi connectivity index (χ2v) is 4.29. The van der Waals surface area contributed by atoms with Gasteiger partial charge < -0.3 is 10.6 Å². The first kappa shape index (κ1) is 13.6. The number of aromatic nitrogens is 1. The molecular weight excluding hydrogens is 214 g/mol. The van der Waals surface area contributed by atoms with Gasteiger partial charge in [0.2, 0.25) is 5.91 Å². The Morgan fingerprint density at radius 2 is 2.24 bits per heavy atom. The molecule has 1 amide bonds. The predicted molar refractivity (Wildman–Crippen MR) is 68.6 cm³/mol. The first-order chi connectivity index (χ1) is 8.13. The number of rotatable bonds is 6. The van der Waals surface area contributed by atoms with Gasteiger partial charge in [0.15, 0.2) is 0 Å². The lowest BCUT2D eigenvalue weighted by Gasteiger charge is -2.10. The van der Waals surface area contributed by atoms with Crippen LogP contribution >= 0.6 is 0 Å². The highest BCUT2D eigenvalue weighted by molar-refractivity contribution is 5.78. The molecule has 2 N–H and O–H groups in total. The topological polar surface area (TPSA) is 54.0 Å². The van der Waals surface area contributed by atoms with E-state index in [4.69, 9.17) is 0 Å². The smallest absolute Gasteiger partial charge is 0.234 e. The molecule has 4 nitrogen and oxygen atoms in total. The van der Waals surface area contributed by atoms with E-state index in [1.54, 1.807) is 6.20 Å². The average molecular weight is 235 g/mol. The minimum absolute atomic E-state index is 0.0222. The van der Waals surface area contributed by atoms with E-state index in [9.17, 15) is 4.79 Å². The minimum Gasteiger partial charge on any atom is -0.353 e. The minimum atomic E-state index is 0.0222. The van der Waals surface area contributed by atoms with Gasteiger partial charge in [-0.2, -0.15) is 0 Å². The molecule has 1 aromatic heterocycles. The summed E-state index contributed by atoms with van der Waals surface area (Å²) in [6.07, 6.45) is 2.74. The lowest BCUT2D eigenvalue weighted by atomic mass is 10.1. The van der Waals surface area contributed by atoms with Crippen molar-refractivity contribution in [3.8, 4) is 0 Å². The summed E-state index contributed by atoms with van der Waals surface area (Å²) in [6, 6.07) is 4.19. The van der Waals surface area contributed by atoms with Crippen molar-refractivity contribution in [3.63, 3.8) is 0 Å². The SMILES string of the molecule is CCc1cccnc1CNCC(=O)NC(C)C. The van der Waals surface area contributed by atoms with Crippen LogP contribution in [0.1, 0.15) is 32.0 Å². The molecule has 0 aliphatic heterocycles. The van der Waals surface area contributed by atoms with Gasteiger partial charge in [-0.25, -0.2) is 0 Å². The van der Waals surface area contributed by atoms with E-state index in [-0.39, 0.29) is 11.9 Å². The van der Waals surface area contributed by atoms with E-state index in [0.717, 1.165) is 12.1 Å². The molecule has 0 aromatic carbocycles. The molecule has 0 spiro atoms. The summed E-state index contributed by atoms with van der Waals surface area (Å²) in [5.74, 6) is 0.0222. The highest BCUT2D eigenvalue weighted by atomic mass is 16.1. The van der Waals surface area contributed by atoms with Crippen LogP contribution in [0.5, 0.6) is 0 Å². The van der Waals surface area contributed by atoms with E-state index in [1.165, 1.54) is 5.56 Å². The molecule has 17 heavy (non-hydrogen) atoms. The van der Waals surface area contributed by atoms with Gasteiger partial charge in [-0.15, -0.1) is 0 Å². The number of pyridine rings is 1. The lowest BCUT2D eigenvalue weighted by molar-refractivity contribution is -0.120. The van der Waals surface area contributed by atoms with Crippen molar-refractivity contribution in [2.24, 2.45) is 0 Å². The number of carbonyl (C=O) groups is 1. The largest absolute Gasteiger partial charge is 0.353 e. The molecule has 94 valence electrons. The number of amides is 1. The van der Waals surface area contributed by atoms with Crippen LogP contribution in [0.2, 0.25) is 0 Å². The van der Waals surface area contributed by atoms with E-state index in [0.29, 0.717) is 13.1 Å². The molecule has 1 heterocycles. The summed E-state index contributed by atoms with van der Waals surface area (Å²) in [4.78, 5) is 15.7. The standard InChI is InChI=1S/C13H21N3O/c1-4-11-6-5-7-15-12(11)8-14-9-13(17)16-10(2)3/h5-7,10,14H,4,8-9H2,1-3H3,(H,16,17). The number of carbonyl (C=O) groups excluding carboxylic acids is 1. The van der Waals surface area contributed by atoms with Crippen molar-refractivity contribution >= 4 is 5.91 Å². The van der Waals surface area contributed by atoms with Crippen molar-refractivity contribution < 1.29 is 4.79 Å². The Balaban J connectivity index is 2.38. The number of nitrogens with one attached hydrogen (secondary N) is 2. The second-order valence-electron chi connectivity index (χ2n) is 4.29. The van der Waals surface area contributed by atoms with Crippen molar-refractivity contribution in [2.75, 3.05) is 6.54 Å². The van der Waals surface area contributed by atoms with Crippen LogP contribution in [0, 0.1) is 0 Å². The summed E-state index contributed by atoms with van der Waals surface area (Å²) in [7, 11) is 0. The molecule has 1 rings (SSSR count). The first-order valence-electron chi connectivity index (χ1n) is 6.06. The Morgan fingerprint density at radius 1 is 1.47 bits per heavy atom. The van der Waals surface area contributed by atoms with Gasteiger partial charge in [-0.3, -0.25) is 9.78 Å². The number of hydrogen-bond acceptors (Lipinski definition) is 3.